The molecule has 1 aliphatic rings. The van der Waals surface area contributed by atoms with E-state index < -0.39 is 0 Å². The SMILES string of the molecule is CCCCc1c(O)c2c([nH]c1=O)C[C@@H](c1ccccc1)CC2=O. The predicted molar refractivity (Wildman–Crippen MR) is 89.2 cm³/mol. The lowest BCUT2D eigenvalue weighted by atomic mass is 9.81. The van der Waals surface area contributed by atoms with Crippen LogP contribution in [0.15, 0.2) is 35.1 Å². The number of pyridine rings is 1. The first-order valence-corrected chi connectivity index (χ1v) is 8.17. The number of hydrogen-bond donors (Lipinski definition) is 2. The van der Waals surface area contributed by atoms with E-state index in [1.54, 1.807) is 0 Å². The van der Waals surface area contributed by atoms with Gasteiger partial charge in [0.1, 0.15) is 5.75 Å². The van der Waals surface area contributed by atoms with Crippen LogP contribution in [0.5, 0.6) is 5.75 Å². The average molecular weight is 311 g/mol. The lowest BCUT2D eigenvalue weighted by Crippen LogP contribution is -2.26. The van der Waals surface area contributed by atoms with Crippen LogP contribution >= 0.6 is 0 Å². The molecule has 1 aromatic carbocycles. The van der Waals surface area contributed by atoms with Crippen molar-refractivity contribution in [3.8, 4) is 5.75 Å². The molecule has 0 saturated heterocycles. The molecule has 1 aromatic heterocycles. The van der Waals surface area contributed by atoms with Gasteiger partial charge in [0.05, 0.1) is 11.1 Å². The van der Waals surface area contributed by atoms with Crippen molar-refractivity contribution in [1.82, 2.24) is 4.98 Å². The quantitative estimate of drug-likeness (QED) is 0.910. The normalized spacial score (nSPS) is 17.1. The Morgan fingerprint density at radius 1 is 1.17 bits per heavy atom. The van der Waals surface area contributed by atoms with Crippen LogP contribution < -0.4 is 5.56 Å². The fourth-order valence-corrected chi connectivity index (χ4v) is 3.32. The van der Waals surface area contributed by atoms with Crippen molar-refractivity contribution < 1.29 is 9.90 Å². The molecule has 0 bridgehead atoms. The van der Waals surface area contributed by atoms with Gasteiger partial charge in [-0.05, 0) is 30.7 Å². The molecule has 0 unspecified atom stereocenters. The molecule has 0 saturated carbocycles. The van der Waals surface area contributed by atoms with Gasteiger partial charge >= 0.3 is 0 Å². The van der Waals surface area contributed by atoms with E-state index in [-0.39, 0.29) is 23.0 Å². The van der Waals surface area contributed by atoms with Gasteiger partial charge in [-0.25, -0.2) is 0 Å². The largest absolute Gasteiger partial charge is 0.507 e. The third-order valence-electron chi connectivity index (χ3n) is 4.58. The van der Waals surface area contributed by atoms with E-state index in [4.69, 9.17) is 0 Å². The first-order chi connectivity index (χ1) is 11.1. The van der Waals surface area contributed by atoms with Gasteiger partial charge in [0.25, 0.3) is 5.56 Å². The van der Waals surface area contributed by atoms with Gasteiger partial charge in [0.2, 0.25) is 0 Å². The molecule has 1 heterocycles. The van der Waals surface area contributed by atoms with Crippen molar-refractivity contribution in [3.05, 3.63) is 63.1 Å². The summed E-state index contributed by atoms with van der Waals surface area (Å²) in [5, 5.41) is 10.4. The van der Waals surface area contributed by atoms with E-state index in [1.807, 2.05) is 37.3 Å². The van der Waals surface area contributed by atoms with Crippen molar-refractivity contribution in [2.24, 2.45) is 0 Å². The number of unbranched alkanes of at least 4 members (excludes halogenated alkanes) is 1. The van der Waals surface area contributed by atoms with E-state index in [1.165, 1.54) is 0 Å². The molecule has 2 aromatic rings. The fourth-order valence-electron chi connectivity index (χ4n) is 3.32. The molecule has 0 aliphatic heterocycles. The second kappa shape index (κ2) is 6.41. The Morgan fingerprint density at radius 2 is 1.91 bits per heavy atom. The van der Waals surface area contributed by atoms with Gasteiger partial charge < -0.3 is 10.1 Å². The topological polar surface area (TPSA) is 70.2 Å². The number of carbonyl (C=O) groups is 1. The van der Waals surface area contributed by atoms with E-state index in [0.29, 0.717) is 36.1 Å². The molecule has 3 rings (SSSR count). The van der Waals surface area contributed by atoms with Crippen LogP contribution in [-0.2, 0) is 12.8 Å². The summed E-state index contributed by atoms with van der Waals surface area (Å²) in [6.07, 6.45) is 3.18. The van der Waals surface area contributed by atoms with Gasteiger partial charge in [-0.2, -0.15) is 0 Å². The Labute approximate surface area is 135 Å². The Balaban J connectivity index is 2.00. The molecule has 0 fully saturated rings. The first-order valence-electron chi connectivity index (χ1n) is 8.17. The van der Waals surface area contributed by atoms with Crippen molar-refractivity contribution >= 4 is 5.78 Å². The summed E-state index contributed by atoms with van der Waals surface area (Å²) in [7, 11) is 0. The highest BCUT2D eigenvalue weighted by Crippen LogP contribution is 2.36. The maximum Gasteiger partial charge on any atom is 0.255 e. The number of Topliss-reactive ketones (excluding diaryl/α,β-unsaturated/α-hetero) is 1. The summed E-state index contributed by atoms with van der Waals surface area (Å²) in [5.74, 6) is -0.145. The second-order valence-electron chi connectivity index (χ2n) is 6.18. The van der Waals surface area contributed by atoms with E-state index in [0.717, 1.165) is 18.4 Å². The molecule has 0 spiro atoms. The summed E-state index contributed by atoms with van der Waals surface area (Å²) in [6, 6.07) is 9.83. The molecule has 4 heteroatoms. The van der Waals surface area contributed by atoms with Gasteiger partial charge in [-0.3, -0.25) is 9.59 Å². The summed E-state index contributed by atoms with van der Waals surface area (Å²) in [6.45, 7) is 2.03. The Hall–Kier alpha value is -2.36. The number of carbonyl (C=O) groups excluding carboxylic acids is 1. The molecule has 0 radical (unpaired) electrons. The van der Waals surface area contributed by atoms with Crippen molar-refractivity contribution in [3.63, 3.8) is 0 Å². The molecular weight excluding hydrogens is 290 g/mol. The molecule has 120 valence electrons. The number of ketones is 1. The number of H-pyrrole nitrogens is 1. The lowest BCUT2D eigenvalue weighted by molar-refractivity contribution is 0.0959. The maximum atomic E-state index is 12.5. The number of aromatic hydroxyl groups is 1. The van der Waals surface area contributed by atoms with E-state index in [9.17, 15) is 14.7 Å². The minimum atomic E-state index is -0.267. The van der Waals surface area contributed by atoms with Crippen LogP contribution in [-0.4, -0.2) is 15.9 Å². The zero-order chi connectivity index (χ0) is 16.4. The molecule has 1 atom stereocenters. The molecule has 23 heavy (non-hydrogen) atoms. The zero-order valence-electron chi connectivity index (χ0n) is 13.3. The molecule has 2 N–H and O–H groups in total. The number of rotatable bonds is 4. The van der Waals surface area contributed by atoms with Gasteiger partial charge in [-0.15, -0.1) is 0 Å². The standard InChI is InChI=1S/C19H21NO3/c1-2-3-9-14-18(22)17-15(20-19(14)23)10-13(11-16(17)21)12-7-5-4-6-8-12/h4-8,13H,2-3,9-11H2,1H3,(H2,20,22,23)/t13-/m1/s1. The van der Waals surface area contributed by atoms with Gasteiger partial charge in [0.15, 0.2) is 5.78 Å². The van der Waals surface area contributed by atoms with E-state index >= 15 is 0 Å². The van der Waals surface area contributed by atoms with Crippen LogP contribution in [0.1, 0.15) is 59.3 Å². The van der Waals surface area contributed by atoms with Crippen molar-refractivity contribution in [1.29, 1.82) is 0 Å². The third kappa shape index (κ3) is 2.93. The molecule has 1 aliphatic carbocycles. The average Bonchev–Trinajstić information content (AvgIpc) is 2.54. The fraction of sp³-hybridized carbons (Fsp3) is 0.368. The summed E-state index contributed by atoms with van der Waals surface area (Å²) in [4.78, 5) is 27.6. The monoisotopic (exact) mass is 311 g/mol. The number of benzene rings is 1. The number of nitrogens with one attached hydrogen (secondary N) is 1. The summed E-state index contributed by atoms with van der Waals surface area (Å²) in [5.41, 5.74) is 2.05. The Kier molecular flexibility index (Phi) is 4.33. The number of fused-ring (bicyclic) bond motifs is 1. The Morgan fingerprint density at radius 3 is 2.61 bits per heavy atom. The molecule has 4 nitrogen and oxygen atoms in total. The van der Waals surface area contributed by atoms with Crippen LogP contribution in [0.2, 0.25) is 0 Å². The summed E-state index contributed by atoms with van der Waals surface area (Å²) >= 11 is 0. The predicted octanol–water partition coefficient (Wildman–Crippen LogP) is 3.34. The number of aromatic nitrogens is 1. The lowest BCUT2D eigenvalue weighted by Gasteiger charge is -2.25. The minimum absolute atomic E-state index is 0.0488. The van der Waals surface area contributed by atoms with Crippen LogP contribution in [0, 0.1) is 0 Å². The second-order valence-corrected chi connectivity index (χ2v) is 6.18. The van der Waals surface area contributed by atoms with Crippen LogP contribution in [0.25, 0.3) is 0 Å². The highest BCUT2D eigenvalue weighted by molar-refractivity contribution is 6.01. The smallest absolute Gasteiger partial charge is 0.255 e. The van der Waals surface area contributed by atoms with Crippen LogP contribution in [0.3, 0.4) is 0 Å². The third-order valence-corrected chi connectivity index (χ3v) is 4.58. The summed E-state index contributed by atoms with van der Waals surface area (Å²) < 4.78 is 0. The van der Waals surface area contributed by atoms with Crippen LogP contribution in [0.4, 0.5) is 0 Å². The van der Waals surface area contributed by atoms with Gasteiger partial charge in [-0.1, -0.05) is 43.7 Å². The molecular formula is C19H21NO3. The number of aromatic amines is 1. The number of hydrogen-bond acceptors (Lipinski definition) is 3. The highest BCUT2D eigenvalue weighted by Gasteiger charge is 2.31. The Bertz CT molecular complexity index is 777. The van der Waals surface area contributed by atoms with E-state index in [2.05, 4.69) is 4.98 Å². The maximum absolute atomic E-state index is 12.5. The van der Waals surface area contributed by atoms with Crippen molar-refractivity contribution in [2.45, 2.75) is 44.9 Å². The van der Waals surface area contributed by atoms with Gasteiger partial charge in [0, 0.05) is 12.1 Å². The highest BCUT2D eigenvalue weighted by atomic mass is 16.3. The minimum Gasteiger partial charge on any atom is -0.507 e. The first kappa shape index (κ1) is 15.5. The zero-order valence-corrected chi connectivity index (χ0v) is 13.3. The molecule has 0 amide bonds. The van der Waals surface area contributed by atoms with Crippen molar-refractivity contribution in [2.75, 3.05) is 0 Å².